The monoisotopic (exact) mass is 235 g/mol. The Morgan fingerprint density at radius 3 is 2.82 bits per heavy atom. The number of hydrogen-bond donors (Lipinski definition) is 0. The zero-order valence-corrected chi connectivity index (χ0v) is 10.9. The third-order valence-electron chi connectivity index (χ3n) is 3.70. The van der Waals surface area contributed by atoms with Gasteiger partial charge in [-0.2, -0.15) is 0 Å². The molecule has 1 aliphatic heterocycles. The Morgan fingerprint density at radius 1 is 1.47 bits per heavy atom. The van der Waals surface area contributed by atoms with Crippen LogP contribution in [0, 0.1) is 11.3 Å². The molecule has 0 N–H and O–H groups in total. The van der Waals surface area contributed by atoms with E-state index < -0.39 is 0 Å². The predicted molar refractivity (Wildman–Crippen MR) is 66.8 cm³/mol. The Bertz CT molecular complexity index is 375. The zero-order chi connectivity index (χ0) is 12.5. The van der Waals surface area contributed by atoms with Crippen LogP contribution >= 0.6 is 0 Å². The van der Waals surface area contributed by atoms with Crippen LogP contribution in [-0.4, -0.2) is 23.9 Å². The molecule has 1 amide bonds. The van der Waals surface area contributed by atoms with Crippen molar-refractivity contribution in [3.05, 3.63) is 24.2 Å². The largest absolute Gasteiger partial charge is 0.472 e. The SMILES string of the molecule is CC(C)(C)C1CCCN(C(=O)c2ccoc2)C1. The third kappa shape index (κ3) is 2.71. The first kappa shape index (κ1) is 12.2. The van der Waals surface area contributed by atoms with Gasteiger partial charge in [0.1, 0.15) is 6.26 Å². The van der Waals surface area contributed by atoms with Crippen LogP contribution in [0.3, 0.4) is 0 Å². The molecule has 0 bridgehead atoms. The highest BCUT2D eigenvalue weighted by atomic mass is 16.3. The maximum absolute atomic E-state index is 12.2. The van der Waals surface area contributed by atoms with Gasteiger partial charge < -0.3 is 9.32 Å². The molecule has 1 aromatic rings. The van der Waals surface area contributed by atoms with E-state index in [-0.39, 0.29) is 11.3 Å². The lowest BCUT2D eigenvalue weighted by Gasteiger charge is -2.39. The predicted octanol–water partition coefficient (Wildman–Crippen LogP) is 3.18. The van der Waals surface area contributed by atoms with Gasteiger partial charge in [-0.05, 0) is 30.2 Å². The summed E-state index contributed by atoms with van der Waals surface area (Å²) in [6.45, 7) is 8.50. The number of hydrogen-bond acceptors (Lipinski definition) is 2. The minimum atomic E-state index is 0.104. The minimum Gasteiger partial charge on any atom is -0.472 e. The fourth-order valence-corrected chi connectivity index (χ4v) is 2.44. The van der Waals surface area contributed by atoms with E-state index in [9.17, 15) is 4.79 Å². The number of amides is 1. The molecular weight excluding hydrogens is 214 g/mol. The number of nitrogens with zero attached hydrogens (tertiary/aromatic N) is 1. The molecule has 1 unspecified atom stereocenters. The van der Waals surface area contributed by atoms with Crippen molar-refractivity contribution in [2.75, 3.05) is 13.1 Å². The molecule has 0 radical (unpaired) electrons. The molecule has 3 heteroatoms. The fraction of sp³-hybridized carbons (Fsp3) is 0.643. The molecule has 0 spiro atoms. The Kier molecular flexibility index (Phi) is 3.27. The second-order valence-electron chi connectivity index (χ2n) is 5.97. The van der Waals surface area contributed by atoms with Gasteiger partial charge in [-0.25, -0.2) is 0 Å². The Morgan fingerprint density at radius 2 is 2.24 bits per heavy atom. The molecule has 1 aromatic heterocycles. The molecule has 1 atom stereocenters. The standard InChI is InChI=1S/C14H21NO2/c1-14(2,3)12-5-4-7-15(9-12)13(16)11-6-8-17-10-11/h6,8,10,12H,4-5,7,9H2,1-3H3. The summed E-state index contributed by atoms with van der Waals surface area (Å²) in [4.78, 5) is 14.2. The van der Waals surface area contributed by atoms with Crippen LogP contribution in [0.5, 0.6) is 0 Å². The first-order valence-corrected chi connectivity index (χ1v) is 6.30. The van der Waals surface area contributed by atoms with Gasteiger partial charge in [0.15, 0.2) is 0 Å². The third-order valence-corrected chi connectivity index (χ3v) is 3.70. The van der Waals surface area contributed by atoms with Crippen LogP contribution < -0.4 is 0 Å². The first-order valence-electron chi connectivity index (χ1n) is 6.30. The van der Waals surface area contributed by atoms with E-state index in [0.29, 0.717) is 11.5 Å². The molecule has 94 valence electrons. The quantitative estimate of drug-likeness (QED) is 0.749. The maximum atomic E-state index is 12.2. The Labute approximate surface area is 103 Å². The van der Waals surface area contributed by atoms with E-state index in [1.54, 1.807) is 12.3 Å². The van der Waals surface area contributed by atoms with E-state index in [4.69, 9.17) is 4.42 Å². The molecule has 0 aromatic carbocycles. The topological polar surface area (TPSA) is 33.5 Å². The van der Waals surface area contributed by atoms with Gasteiger partial charge >= 0.3 is 0 Å². The Balaban J connectivity index is 2.05. The van der Waals surface area contributed by atoms with Crippen molar-refractivity contribution in [3.63, 3.8) is 0 Å². The van der Waals surface area contributed by atoms with E-state index in [0.717, 1.165) is 19.5 Å². The van der Waals surface area contributed by atoms with Crippen LogP contribution in [0.4, 0.5) is 0 Å². The van der Waals surface area contributed by atoms with Crippen molar-refractivity contribution >= 4 is 5.91 Å². The molecule has 3 nitrogen and oxygen atoms in total. The van der Waals surface area contributed by atoms with Gasteiger partial charge in [0.05, 0.1) is 11.8 Å². The van der Waals surface area contributed by atoms with Gasteiger partial charge in [0, 0.05) is 13.1 Å². The van der Waals surface area contributed by atoms with Gasteiger partial charge in [-0.1, -0.05) is 20.8 Å². The average molecular weight is 235 g/mol. The summed E-state index contributed by atoms with van der Waals surface area (Å²) in [5, 5.41) is 0. The van der Waals surface area contributed by atoms with Crippen LogP contribution in [0.1, 0.15) is 44.0 Å². The number of piperidine rings is 1. The Hall–Kier alpha value is -1.25. The molecule has 2 rings (SSSR count). The molecule has 1 aliphatic rings. The van der Waals surface area contributed by atoms with Gasteiger partial charge in [0.2, 0.25) is 0 Å². The summed E-state index contributed by atoms with van der Waals surface area (Å²) in [6.07, 6.45) is 5.41. The number of likely N-dealkylation sites (tertiary alicyclic amines) is 1. The lowest BCUT2D eigenvalue weighted by Crippen LogP contribution is -2.43. The summed E-state index contributed by atoms with van der Waals surface area (Å²) in [5.74, 6) is 0.694. The number of furan rings is 1. The highest BCUT2D eigenvalue weighted by molar-refractivity contribution is 5.93. The van der Waals surface area contributed by atoms with E-state index in [2.05, 4.69) is 20.8 Å². The second kappa shape index (κ2) is 4.55. The maximum Gasteiger partial charge on any atom is 0.257 e. The van der Waals surface area contributed by atoms with Gasteiger partial charge in [-0.3, -0.25) is 4.79 Å². The van der Waals surface area contributed by atoms with Crippen LogP contribution in [0.25, 0.3) is 0 Å². The molecule has 1 fully saturated rings. The van der Waals surface area contributed by atoms with E-state index in [1.807, 2.05) is 4.90 Å². The summed E-state index contributed by atoms with van der Waals surface area (Å²) in [7, 11) is 0. The second-order valence-corrected chi connectivity index (χ2v) is 5.97. The van der Waals surface area contributed by atoms with Gasteiger partial charge in [0.25, 0.3) is 5.91 Å². The van der Waals surface area contributed by atoms with E-state index >= 15 is 0 Å². The average Bonchev–Trinajstić information content (AvgIpc) is 2.80. The molecular formula is C14H21NO2. The summed E-state index contributed by atoms with van der Waals surface area (Å²) >= 11 is 0. The summed E-state index contributed by atoms with van der Waals surface area (Å²) < 4.78 is 4.97. The summed E-state index contributed by atoms with van der Waals surface area (Å²) in [6, 6.07) is 1.74. The fourth-order valence-electron chi connectivity index (χ4n) is 2.44. The molecule has 1 saturated heterocycles. The van der Waals surface area contributed by atoms with Crippen molar-refractivity contribution in [1.29, 1.82) is 0 Å². The van der Waals surface area contributed by atoms with E-state index in [1.165, 1.54) is 12.7 Å². The van der Waals surface area contributed by atoms with Crippen molar-refractivity contribution in [2.45, 2.75) is 33.6 Å². The van der Waals surface area contributed by atoms with Crippen LogP contribution in [0.2, 0.25) is 0 Å². The number of carbonyl (C=O) groups is 1. The zero-order valence-electron chi connectivity index (χ0n) is 10.9. The van der Waals surface area contributed by atoms with Gasteiger partial charge in [-0.15, -0.1) is 0 Å². The minimum absolute atomic E-state index is 0.104. The highest BCUT2D eigenvalue weighted by Gasteiger charge is 2.31. The number of rotatable bonds is 1. The molecule has 0 aliphatic carbocycles. The highest BCUT2D eigenvalue weighted by Crippen LogP contribution is 2.33. The smallest absolute Gasteiger partial charge is 0.257 e. The van der Waals surface area contributed by atoms with Crippen LogP contribution in [-0.2, 0) is 0 Å². The lowest BCUT2D eigenvalue weighted by molar-refractivity contribution is 0.0562. The first-order chi connectivity index (χ1) is 7.98. The van der Waals surface area contributed by atoms with Crippen LogP contribution in [0.15, 0.2) is 23.0 Å². The lowest BCUT2D eigenvalue weighted by atomic mass is 9.76. The number of carbonyl (C=O) groups excluding carboxylic acids is 1. The van der Waals surface area contributed by atoms with Crippen molar-refractivity contribution in [1.82, 2.24) is 4.90 Å². The normalized spacial score (nSPS) is 21.6. The van der Waals surface area contributed by atoms with Crippen molar-refractivity contribution < 1.29 is 9.21 Å². The summed E-state index contributed by atoms with van der Waals surface area (Å²) in [5.41, 5.74) is 0.939. The van der Waals surface area contributed by atoms with Crippen molar-refractivity contribution in [2.24, 2.45) is 11.3 Å². The molecule has 0 saturated carbocycles. The molecule has 17 heavy (non-hydrogen) atoms. The molecule has 2 heterocycles. The van der Waals surface area contributed by atoms with Crippen molar-refractivity contribution in [3.8, 4) is 0 Å².